The second kappa shape index (κ2) is 6.62. The third kappa shape index (κ3) is 2.63. The maximum Gasteiger partial charge on any atom is 0.153 e. The summed E-state index contributed by atoms with van der Waals surface area (Å²) in [5, 5.41) is 11.8. The molecule has 0 saturated carbocycles. The summed E-state index contributed by atoms with van der Waals surface area (Å²) in [6, 6.07) is 27.2. The van der Waals surface area contributed by atoms with Crippen LogP contribution < -0.4 is 0 Å². The third-order valence-corrected chi connectivity index (χ3v) is 4.63. The van der Waals surface area contributed by atoms with Crippen LogP contribution in [0, 0.1) is 5.82 Å². The van der Waals surface area contributed by atoms with Crippen molar-refractivity contribution in [1.82, 2.24) is 4.57 Å². The van der Waals surface area contributed by atoms with Gasteiger partial charge in [-0.1, -0.05) is 72.8 Å². The zero-order valence-corrected chi connectivity index (χ0v) is 14.1. The second-order valence-corrected chi connectivity index (χ2v) is 6.17. The molecule has 4 aromatic rings. The Bertz CT molecular complexity index is 956. The summed E-state index contributed by atoms with van der Waals surface area (Å²) in [5.74, 6) is -0.445. The van der Waals surface area contributed by atoms with Crippen LogP contribution in [0.4, 0.5) is 4.39 Å². The molecule has 0 aliphatic carbocycles. The number of nitrogens with zero attached hydrogens (tertiary/aromatic N) is 1. The monoisotopic (exact) mass is 343 g/mol. The molecule has 1 N–H and O–H groups in total. The van der Waals surface area contributed by atoms with Crippen molar-refractivity contribution < 1.29 is 9.50 Å². The molecule has 1 heterocycles. The summed E-state index contributed by atoms with van der Waals surface area (Å²) in [7, 11) is 0. The van der Waals surface area contributed by atoms with Crippen LogP contribution in [0.5, 0.6) is 0 Å². The van der Waals surface area contributed by atoms with Gasteiger partial charge in [-0.05, 0) is 29.3 Å². The summed E-state index contributed by atoms with van der Waals surface area (Å²) in [6.45, 7) is 0. The van der Waals surface area contributed by atoms with Crippen LogP contribution in [0.3, 0.4) is 0 Å². The van der Waals surface area contributed by atoms with Crippen LogP contribution in [-0.4, -0.2) is 9.67 Å². The summed E-state index contributed by atoms with van der Waals surface area (Å²) < 4.78 is 17.2. The number of rotatable bonds is 4. The highest BCUT2D eigenvalue weighted by Gasteiger charge is 2.36. The molecule has 0 saturated heterocycles. The van der Waals surface area contributed by atoms with Crippen molar-refractivity contribution in [2.45, 2.75) is 5.60 Å². The van der Waals surface area contributed by atoms with E-state index in [2.05, 4.69) is 0 Å². The van der Waals surface area contributed by atoms with Crippen LogP contribution >= 0.6 is 0 Å². The van der Waals surface area contributed by atoms with Gasteiger partial charge in [0.15, 0.2) is 5.82 Å². The van der Waals surface area contributed by atoms with Gasteiger partial charge in [0.2, 0.25) is 0 Å². The smallest absolute Gasteiger partial charge is 0.153 e. The maximum atomic E-state index is 15.5. The Balaban J connectivity index is 1.99. The Labute approximate surface area is 151 Å². The van der Waals surface area contributed by atoms with Gasteiger partial charge in [0, 0.05) is 18.0 Å². The molecule has 0 fully saturated rings. The van der Waals surface area contributed by atoms with E-state index in [1.165, 1.54) is 0 Å². The van der Waals surface area contributed by atoms with E-state index in [1.807, 2.05) is 72.8 Å². The van der Waals surface area contributed by atoms with Gasteiger partial charge in [0.25, 0.3) is 0 Å². The van der Waals surface area contributed by atoms with E-state index in [1.54, 1.807) is 35.2 Å². The number of aromatic nitrogens is 1. The van der Waals surface area contributed by atoms with E-state index < -0.39 is 11.4 Å². The maximum absolute atomic E-state index is 15.5. The van der Waals surface area contributed by atoms with E-state index in [9.17, 15) is 5.11 Å². The van der Waals surface area contributed by atoms with Crippen molar-refractivity contribution in [2.75, 3.05) is 0 Å². The minimum Gasteiger partial charge on any atom is -0.376 e. The molecular weight excluding hydrogens is 325 g/mol. The lowest BCUT2D eigenvalue weighted by Crippen LogP contribution is -2.30. The molecule has 4 rings (SSSR count). The Hall–Kier alpha value is -3.17. The van der Waals surface area contributed by atoms with E-state index in [-0.39, 0.29) is 5.56 Å². The minimum absolute atomic E-state index is 0.223. The van der Waals surface area contributed by atoms with Crippen LogP contribution in [0.2, 0.25) is 0 Å². The number of halogens is 1. The van der Waals surface area contributed by atoms with Crippen LogP contribution in [0.1, 0.15) is 16.7 Å². The largest absolute Gasteiger partial charge is 0.376 e. The zero-order valence-electron chi connectivity index (χ0n) is 14.1. The fraction of sp³-hybridized carbons (Fsp3) is 0.0435. The molecule has 26 heavy (non-hydrogen) atoms. The number of aliphatic hydroxyl groups is 1. The normalized spacial score (nSPS) is 11.5. The van der Waals surface area contributed by atoms with E-state index in [0.29, 0.717) is 16.8 Å². The lowest BCUT2D eigenvalue weighted by atomic mass is 9.80. The Morgan fingerprint density at radius 2 is 1.19 bits per heavy atom. The SMILES string of the molecule is OC(c1ccccc1)(c1ccccc1)c1cccc(-n2cccc2)c1F. The molecule has 0 aliphatic rings. The van der Waals surface area contributed by atoms with Crippen molar-refractivity contribution in [3.05, 3.63) is 126 Å². The number of benzene rings is 3. The lowest BCUT2D eigenvalue weighted by Gasteiger charge is -2.31. The van der Waals surface area contributed by atoms with Crippen LogP contribution in [0.25, 0.3) is 5.69 Å². The van der Waals surface area contributed by atoms with E-state index in [4.69, 9.17) is 0 Å². The number of hydrogen-bond acceptors (Lipinski definition) is 1. The summed E-state index contributed by atoms with van der Waals surface area (Å²) in [6.07, 6.45) is 3.57. The first kappa shape index (κ1) is 16.3. The molecule has 0 amide bonds. The van der Waals surface area contributed by atoms with Crippen LogP contribution in [-0.2, 0) is 5.60 Å². The molecule has 0 radical (unpaired) electrons. The van der Waals surface area contributed by atoms with Crippen molar-refractivity contribution in [3.8, 4) is 5.69 Å². The predicted molar refractivity (Wildman–Crippen MR) is 101 cm³/mol. The van der Waals surface area contributed by atoms with Gasteiger partial charge < -0.3 is 9.67 Å². The van der Waals surface area contributed by atoms with E-state index in [0.717, 1.165) is 0 Å². The second-order valence-electron chi connectivity index (χ2n) is 6.17. The predicted octanol–water partition coefficient (Wildman–Crippen LogP) is 4.90. The summed E-state index contributed by atoms with van der Waals surface area (Å²) >= 11 is 0. The molecular formula is C23H18FNO. The highest BCUT2D eigenvalue weighted by atomic mass is 19.1. The molecule has 0 unspecified atom stereocenters. The summed E-state index contributed by atoms with van der Waals surface area (Å²) in [5.41, 5.74) is 0.277. The Morgan fingerprint density at radius 3 is 1.73 bits per heavy atom. The molecule has 0 spiro atoms. The quantitative estimate of drug-likeness (QED) is 0.524. The van der Waals surface area contributed by atoms with Gasteiger partial charge in [-0.3, -0.25) is 0 Å². The van der Waals surface area contributed by atoms with Gasteiger partial charge in [0.1, 0.15) is 5.60 Å². The van der Waals surface area contributed by atoms with Crippen molar-refractivity contribution in [2.24, 2.45) is 0 Å². The first-order valence-corrected chi connectivity index (χ1v) is 8.47. The highest BCUT2D eigenvalue weighted by molar-refractivity contribution is 5.51. The van der Waals surface area contributed by atoms with Crippen molar-refractivity contribution >= 4 is 0 Å². The third-order valence-electron chi connectivity index (χ3n) is 4.63. The highest BCUT2D eigenvalue weighted by Crippen LogP contribution is 2.39. The molecule has 1 aromatic heterocycles. The minimum atomic E-state index is -1.59. The van der Waals surface area contributed by atoms with Crippen molar-refractivity contribution in [3.63, 3.8) is 0 Å². The molecule has 0 aliphatic heterocycles. The fourth-order valence-corrected chi connectivity index (χ4v) is 3.33. The topological polar surface area (TPSA) is 25.2 Å². The first-order chi connectivity index (χ1) is 12.7. The molecule has 0 atom stereocenters. The molecule has 3 heteroatoms. The number of hydrogen-bond donors (Lipinski definition) is 1. The molecule has 2 nitrogen and oxygen atoms in total. The average Bonchev–Trinajstić information content (AvgIpc) is 3.23. The Kier molecular flexibility index (Phi) is 4.15. The fourth-order valence-electron chi connectivity index (χ4n) is 3.33. The van der Waals surface area contributed by atoms with Gasteiger partial charge in [-0.25, -0.2) is 4.39 Å². The molecule has 3 aromatic carbocycles. The zero-order chi connectivity index (χ0) is 18.0. The standard InChI is InChI=1S/C23H18FNO/c24-22-20(14-9-15-21(22)25-16-7-8-17-25)23(26,18-10-3-1-4-11-18)19-12-5-2-6-13-19/h1-17,26H. The first-order valence-electron chi connectivity index (χ1n) is 8.47. The average molecular weight is 343 g/mol. The molecule has 0 bridgehead atoms. The molecule has 128 valence electrons. The summed E-state index contributed by atoms with van der Waals surface area (Å²) in [4.78, 5) is 0. The lowest BCUT2D eigenvalue weighted by molar-refractivity contribution is 0.121. The van der Waals surface area contributed by atoms with Gasteiger partial charge in [-0.15, -0.1) is 0 Å². The van der Waals surface area contributed by atoms with Crippen molar-refractivity contribution in [1.29, 1.82) is 0 Å². The van der Waals surface area contributed by atoms with Crippen LogP contribution in [0.15, 0.2) is 103 Å². The van der Waals surface area contributed by atoms with E-state index >= 15 is 4.39 Å². The van der Waals surface area contributed by atoms with Gasteiger partial charge >= 0.3 is 0 Å². The van der Waals surface area contributed by atoms with Gasteiger partial charge in [0.05, 0.1) is 5.69 Å². The Morgan fingerprint density at radius 1 is 0.654 bits per heavy atom. The van der Waals surface area contributed by atoms with Gasteiger partial charge in [-0.2, -0.15) is 0 Å².